The van der Waals surface area contributed by atoms with Crippen molar-refractivity contribution < 1.29 is 8.78 Å². The van der Waals surface area contributed by atoms with Gasteiger partial charge in [-0.2, -0.15) is 10.5 Å². The SMILES string of the molecule is N#CCc1sc(C#N)c(F)c1F. The lowest BCUT2D eigenvalue weighted by Gasteiger charge is -1.83. The first-order chi connectivity index (χ1) is 5.70. The zero-order valence-corrected chi connectivity index (χ0v) is 6.58. The van der Waals surface area contributed by atoms with E-state index in [9.17, 15) is 8.78 Å². The number of hydrogen-bond acceptors (Lipinski definition) is 3. The van der Waals surface area contributed by atoms with Gasteiger partial charge in [0.15, 0.2) is 11.6 Å². The van der Waals surface area contributed by atoms with Crippen LogP contribution in [0.15, 0.2) is 0 Å². The molecule has 0 unspecified atom stereocenters. The van der Waals surface area contributed by atoms with Crippen LogP contribution in [0.25, 0.3) is 0 Å². The van der Waals surface area contributed by atoms with Crippen LogP contribution in [0.4, 0.5) is 8.78 Å². The summed E-state index contributed by atoms with van der Waals surface area (Å²) < 4.78 is 25.4. The minimum atomic E-state index is -1.15. The highest BCUT2D eigenvalue weighted by atomic mass is 32.1. The minimum absolute atomic E-state index is 0.0217. The normalized spacial score (nSPS) is 9.00. The molecule has 0 saturated carbocycles. The minimum Gasteiger partial charge on any atom is -0.202 e. The summed E-state index contributed by atoms with van der Waals surface area (Å²) in [6.07, 6.45) is -0.199. The van der Waals surface area contributed by atoms with Crippen LogP contribution in [-0.2, 0) is 6.42 Å². The van der Waals surface area contributed by atoms with Crippen LogP contribution < -0.4 is 0 Å². The lowest BCUT2D eigenvalue weighted by molar-refractivity contribution is 0.509. The second-order valence-corrected chi connectivity index (χ2v) is 3.03. The van der Waals surface area contributed by atoms with Crippen LogP contribution in [-0.4, -0.2) is 0 Å². The van der Waals surface area contributed by atoms with E-state index in [2.05, 4.69) is 0 Å². The first-order valence-electron chi connectivity index (χ1n) is 2.94. The maximum Gasteiger partial charge on any atom is 0.187 e. The van der Waals surface area contributed by atoms with Gasteiger partial charge in [0, 0.05) is 0 Å². The zero-order chi connectivity index (χ0) is 9.14. The Bertz CT molecular complexity index is 383. The molecule has 5 heteroatoms. The molecule has 0 spiro atoms. The summed E-state index contributed by atoms with van der Waals surface area (Å²) in [5, 5.41) is 16.5. The molecule has 12 heavy (non-hydrogen) atoms. The van der Waals surface area contributed by atoms with E-state index in [0.717, 1.165) is 0 Å². The van der Waals surface area contributed by atoms with Gasteiger partial charge >= 0.3 is 0 Å². The molecule has 0 radical (unpaired) electrons. The van der Waals surface area contributed by atoms with E-state index in [4.69, 9.17) is 10.5 Å². The summed E-state index contributed by atoms with van der Waals surface area (Å²) in [6, 6.07) is 3.19. The molecular formula is C7H2F2N2S. The molecular weight excluding hydrogens is 182 g/mol. The molecule has 1 heterocycles. The van der Waals surface area contributed by atoms with Crippen LogP contribution in [0.1, 0.15) is 9.75 Å². The van der Waals surface area contributed by atoms with Crippen LogP contribution in [0.2, 0.25) is 0 Å². The number of nitrogens with zero attached hydrogens (tertiary/aromatic N) is 2. The first-order valence-corrected chi connectivity index (χ1v) is 3.76. The first kappa shape index (κ1) is 8.63. The molecule has 60 valence electrons. The Morgan fingerprint density at radius 3 is 2.33 bits per heavy atom. The predicted octanol–water partition coefficient (Wildman–Crippen LogP) is 1.96. The summed E-state index contributed by atoms with van der Waals surface area (Å²) >= 11 is 0.677. The van der Waals surface area contributed by atoms with E-state index in [1.165, 1.54) is 6.07 Å². The van der Waals surface area contributed by atoms with Gasteiger partial charge < -0.3 is 0 Å². The number of thiophene rings is 1. The summed E-state index contributed by atoms with van der Waals surface area (Å²) in [7, 11) is 0. The van der Waals surface area contributed by atoms with Gasteiger partial charge in [0.25, 0.3) is 0 Å². The van der Waals surface area contributed by atoms with Crippen LogP contribution in [0.3, 0.4) is 0 Å². The van der Waals surface area contributed by atoms with Crippen LogP contribution >= 0.6 is 11.3 Å². The van der Waals surface area contributed by atoms with Crippen molar-refractivity contribution in [3.8, 4) is 12.1 Å². The third-order valence-corrected chi connectivity index (χ3v) is 2.25. The van der Waals surface area contributed by atoms with E-state index < -0.39 is 11.6 Å². The third-order valence-electron chi connectivity index (χ3n) is 1.20. The van der Waals surface area contributed by atoms with Crippen molar-refractivity contribution in [2.45, 2.75) is 6.42 Å². The van der Waals surface area contributed by atoms with Crippen LogP contribution in [0, 0.1) is 34.3 Å². The summed E-state index contributed by atoms with van der Waals surface area (Å²) in [5.74, 6) is -2.22. The summed E-state index contributed by atoms with van der Waals surface area (Å²) in [6.45, 7) is 0. The molecule has 0 N–H and O–H groups in total. The lowest BCUT2D eigenvalue weighted by atomic mass is 10.3. The highest BCUT2D eigenvalue weighted by molar-refractivity contribution is 7.12. The molecule has 0 fully saturated rings. The molecule has 0 amide bonds. The monoisotopic (exact) mass is 184 g/mol. The van der Waals surface area contributed by atoms with Gasteiger partial charge in [0.05, 0.1) is 17.4 Å². The number of halogens is 2. The Morgan fingerprint density at radius 2 is 1.92 bits per heavy atom. The maximum absolute atomic E-state index is 12.7. The van der Waals surface area contributed by atoms with Gasteiger partial charge in [-0.15, -0.1) is 11.3 Å². The number of hydrogen-bond donors (Lipinski definition) is 0. The molecule has 0 saturated heterocycles. The molecule has 0 bridgehead atoms. The highest BCUT2D eigenvalue weighted by Crippen LogP contribution is 2.25. The fourth-order valence-corrected chi connectivity index (χ4v) is 1.48. The van der Waals surface area contributed by atoms with Crippen molar-refractivity contribution in [2.24, 2.45) is 0 Å². The van der Waals surface area contributed by atoms with Gasteiger partial charge in [-0.1, -0.05) is 0 Å². The summed E-state index contributed by atoms with van der Waals surface area (Å²) in [4.78, 5) is -0.329. The van der Waals surface area contributed by atoms with Crippen LogP contribution in [0.5, 0.6) is 0 Å². The van der Waals surface area contributed by atoms with Gasteiger partial charge in [0.2, 0.25) is 0 Å². The molecule has 2 nitrogen and oxygen atoms in total. The van der Waals surface area contributed by atoms with Gasteiger partial charge in [-0.05, 0) is 0 Å². The van der Waals surface area contributed by atoms with Crippen molar-refractivity contribution in [2.75, 3.05) is 0 Å². The Kier molecular flexibility index (Phi) is 2.37. The molecule has 0 aliphatic rings. The summed E-state index contributed by atoms with van der Waals surface area (Å²) in [5.41, 5.74) is 0. The molecule has 0 aliphatic carbocycles. The maximum atomic E-state index is 12.7. The van der Waals surface area contributed by atoms with Crippen molar-refractivity contribution in [3.63, 3.8) is 0 Å². The van der Waals surface area contributed by atoms with Gasteiger partial charge in [-0.3, -0.25) is 0 Å². The fourth-order valence-electron chi connectivity index (χ4n) is 0.692. The highest BCUT2D eigenvalue weighted by Gasteiger charge is 2.17. The molecule has 1 aromatic rings. The Balaban J connectivity index is 3.20. The van der Waals surface area contributed by atoms with Gasteiger partial charge in [-0.25, -0.2) is 8.78 Å². The van der Waals surface area contributed by atoms with E-state index in [0.29, 0.717) is 11.3 Å². The smallest absolute Gasteiger partial charge is 0.187 e. The van der Waals surface area contributed by atoms with Gasteiger partial charge in [0.1, 0.15) is 10.9 Å². The molecule has 0 aromatic carbocycles. The molecule has 0 aliphatic heterocycles. The topological polar surface area (TPSA) is 47.6 Å². The second kappa shape index (κ2) is 3.29. The third kappa shape index (κ3) is 1.27. The quantitative estimate of drug-likeness (QED) is 0.669. The second-order valence-electron chi connectivity index (χ2n) is 1.93. The number of nitriles is 2. The number of rotatable bonds is 1. The zero-order valence-electron chi connectivity index (χ0n) is 5.77. The Labute approximate surface area is 71.3 Å². The Morgan fingerprint density at radius 1 is 1.25 bits per heavy atom. The van der Waals surface area contributed by atoms with E-state index in [-0.39, 0.29) is 16.2 Å². The lowest BCUT2D eigenvalue weighted by Crippen LogP contribution is -1.82. The largest absolute Gasteiger partial charge is 0.202 e. The average molecular weight is 184 g/mol. The Hall–Kier alpha value is -1.46. The van der Waals surface area contributed by atoms with E-state index >= 15 is 0 Å². The molecule has 1 rings (SSSR count). The van der Waals surface area contributed by atoms with Crippen molar-refractivity contribution in [1.82, 2.24) is 0 Å². The van der Waals surface area contributed by atoms with Crippen molar-refractivity contribution >= 4 is 11.3 Å². The molecule has 0 atom stereocenters. The van der Waals surface area contributed by atoms with Crippen molar-refractivity contribution in [1.29, 1.82) is 10.5 Å². The van der Waals surface area contributed by atoms with E-state index in [1.54, 1.807) is 6.07 Å². The molecule has 1 aromatic heterocycles. The fraction of sp³-hybridized carbons (Fsp3) is 0.143. The predicted molar refractivity (Wildman–Crippen MR) is 38.3 cm³/mol. The average Bonchev–Trinajstić information content (AvgIpc) is 2.33. The van der Waals surface area contributed by atoms with E-state index in [1.807, 2.05) is 0 Å². The standard InChI is InChI=1S/C7H2F2N2S/c8-6-4(1-2-10)12-5(3-11)7(6)9/h1H2. The van der Waals surface area contributed by atoms with Crippen molar-refractivity contribution in [3.05, 3.63) is 21.4 Å².